The molecule has 1 unspecified atom stereocenters. The maximum atomic E-state index is 14.3. The van der Waals surface area contributed by atoms with E-state index in [1.54, 1.807) is 43.3 Å². The number of carbonyl (C=O) groups is 5. The van der Waals surface area contributed by atoms with Gasteiger partial charge in [-0.05, 0) is 55.7 Å². The van der Waals surface area contributed by atoms with Gasteiger partial charge in [0.25, 0.3) is 11.8 Å². The molecule has 3 aliphatic rings. The van der Waals surface area contributed by atoms with E-state index in [4.69, 9.17) is 23.2 Å². The molecule has 2 N–H and O–H groups in total. The van der Waals surface area contributed by atoms with E-state index in [1.165, 1.54) is 38.5 Å². The third-order valence-corrected chi connectivity index (χ3v) is 9.38. The van der Waals surface area contributed by atoms with Crippen LogP contribution in [0, 0.1) is 11.3 Å². The Balaban J connectivity index is 1.33. The van der Waals surface area contributed by atoms with Gasteiger partial charge in [0.15, 0.2) is 0 Å². The van der Waals surface area contributed by atoms with E-state index in [0.29, 0.717) is 34.1 Å². The van der Waals surface area contributed by atoms with Crippen LogP contribution in [0.2, 0.25) is 10.0 Å². The van der Waals surface area contributed by atoms with E-state index in [-0.39, 0.29) is 37.7 Å². The van der Waals surface area contributed by atoms with Gasteiger partial charge >= 0.3 is 5.97 Å². The Bertz CT molecular complexity index is 1860. The minimum atomic E-state index is -1.38. The first-order chi connectivity index (χ1) is 22.3. The molecule has 242 valence electrons. The van der Waals surface area contributed by atoms with E-state index < -0.39 is 46.7 Å². The molecule has 0 bridgehead atoms. The number of hydrogen-bond acceptors (Lipinski definition) is 7. The largest absolute Gasteiger partial charge is 0.480 e. The number of nitrogens with one attached hydrogen (secondary N) is 1. The number of rotatable bonds is 7. The summed E-state index contributed by atoms with van der Waals surface area (Å²) in [6.07, 6.45) is 2.13. The summed E-state index contributed by atoms with van der Waals surface area (Å²) in [6.45, 7) is 2.93. The van der Waals surface area contributed by atoms with Crippen molar-refractivity contribution in [2.45, 2.75) is 50.2 Å². The van der Waals surface area contributed by atoms with Crippen LogP contribution in [0.3, 0.4) is 0 Å². The highest BCUT2D eigenvalue weighted by atomic mass is 35.5. The monoisotopic (exact) mass is 677 g/mol. The predicted octanol–water partition coefficient (Wildman–Crippen LogP) is 3.10. The van der Waals surface area contributed by atoms with Crippen LogP contribution >= 0.6 is 23.2 Å². The van der Waals surface area contributed by atoms with Gasteiger partial charge in [-0.3, -0.25) is 23.7 Å². The summed E-state index contributed by atoms with van der Waals surface area (Å²) in [7, 11) is 0. The van der Waals surface area contributed by atoms with Crippen molar-refractivity contribution < 1.29 is 29.1 Å². The normalized spacial score (nSPS) is 21.2. The third kappa shape index (κ3) is 5.57. The molecule has 2 fully saturated rings. The van der Waals surface area contributed by atoms with Gasteiger partial charge in [-0.25, -0.2) is 14.7 Å². The number of amides is 4. The number of benzene rings is 2. The molecule has 1 aromatic heterocycles. The summed E-state index contributed by atoms with van der Waals surface area (Å²) in [5.41, 5.74) is -1.09. The minimum absolute atomic E-state index is 0.0315. The maximum absolute atomic E-state index is 14.3. The SMILES string of the molecule is CC(=O)N1CCN(C(=O)C2(NC(=O)c3cnc4n3[C@](C)(Cc3ccc(C#N)cc3)C(=O)N4c3cc(Cl)cc(Cl)c3)CC2)CC1C(=O)O. The van der Waals surface area contributed by atoms with Gasteiger partial charge in [0.2, 0.25) is 17.8 Å². The first-order valence-electron chi connectivity index (χ1n) is 14.8. The van der Waals surface area contributed by atoms with Crippen LogP contribution in [-0.4, -0.2) is 85.3 Å². The molecule has 1 saturated heterocycles. The first kappa shape index (κ1) is 32.0. The molecular formula is C32H29Cl2N7O6. The smallest absolute Gasteiger partial charge is 0.328 e. The fourth-order valence-electron chi connectivity index (χ4n) is 6.38. The lowest BCUT2D eigenvalue weighted by Gasteiger charge is -2.40. The number of halogens is 2. The summed E-state index contributed by atoms with van der Waals surface area (Å²) in [4.78, 5) is 74.3. The van der Waals surface area contributed by atoms with Crippen LogP contribution in [0.5, 0.6) is 0 Å². The van der Waals surface area contributed by atoms with Crippen LogP contribution < -0.4 is 10.2 Å². The van der Waals surface area contributed by atoms with Gasteiger partial charge in [0.1, 0.15) is 22.8 Å². The molecule has 3 aromatic rings. The second kappa shape index (κ2) is 11.7. The van der Waals surface area contributed by atoms with E-state index >= 15 is 0 Å². The average molecular weight is 679 g/mol. The fourth-order valence-corrected chi connectivity index (χ4v) is 6.90. The van der Waals surface area contributed by atoms with Gasteiger partial charge in [-0.15, -0.1) is 0 Å². The molecule has 13 nitrogen and oxygen atoms in total. The summed E-state index contributed by atoms with van der Waals surface area (Å²) in [5.74, 6) is -2.96. The molecule has 47 heavy (non-hydrogen) atoms. The number of piperazine rings is 1. The zero-order chi connectivity index (χ0) is 33.8. The van der Waals surface area contributed by atoms with Gasteiger partial charge in [-0.1, -0.05) is 35.3 Å². The number of nitrogens with zero attached hydrogens (tertiary/aromatic N) is 6. The number of aromatic nitrogens is 2. The first-order valence-corrected chi connectivity index (χ1v) is 15.5. The number of imidazole rings is 1. The highest BCUT2D eigenvalue weighted by Gasteiger charge is 2.56. The Morgan fingerprint density at radius 3 is 2.32 bits per heavy atom. The molecule has 6 rings (SSSR count). The minimum Gasteiger partial charge on any atom is -0.480 e. The topological polar surface area (TPSA) is 169 Å². The number of carbonyl (C=O) groups excluding carboxylic acids is 4. The zero-order valence-electron chi connectivity index (χ0n) is 25.4. The van der Waals surface area contributed by atoms with Crippen LogP contribution in [0.15, 0.2) is 48.7 Å². The van der Waals surface area contributed by atoms with E-state index in [2.05, 4.69) is 16.4 Å². The highest BCUT2D eigenvalue weighted by molar-refractivity contribution is 6.35. The molecule has 3 heterocycles. The molecular weight excluding hydrogens is 649 g/mol. The van der Waals surface area contributed by atoms with E-state index in [1.807, 2.05) is 0 Å². The second-order valence-corrected chi connectivity index (χ2v) is 13.0. The number of carboxylic acids is 1. The number of aliphatic carboxylic acids is 1. The molecule has 2 atom stereocenters. The molecule has 2 aromatic carbocycles. The summed E-state index contributed by atoms with van der Waals surface area (Å²) in [6, 6.07) is 12.3. The summed E-state index contributed by atoms with van der Waals surface area (Å²) in [5, 5.41) is 22.4. The average Bonchev–Trinajstić information content (AvgIpc) is 3.61. The number of fused-ring (bicyclic) bond motifs is 1. The predicted molar refractivity (Wildman–Crippen MR) is 169 cm³/mol. The number of anilines is 2. The maximum Gasteiger partial charge on any atom is 0.328 e. The standard InChI is InChI=1S/C32H29Cl2N7O6/c1-18(42)39-10-9-38(17-25(39)27(44)45)29(47)32(7-8-32)37-26(43)24-16-36-30-40(23-12-21(33)11-22(34)13-23)28(46)31(2,41(24)30)14-19-3-5-20(15-35)6-4-19/h3-6,11-13,16,25H,7-10,14,17H2,1-2H3,(H,37,43)(H,44,45)/t25?,31-/m1/s1. The molecule has 4 amide bonds. The Hall–Kier alpha value is -4.93. The lowest BCUT2D eigenvalue weighted by molar-refractivity contribution is -0.156. The van der Waals surface area contributed by atoms with Crippen molar-refractivity contribution >= 4 is 64.4 Å². The van der Waals surface area contributed by atoms with Crippen LogP contribution in [-0.2, 0) is 31.1 Å². The Morgan fingerprint density at radius 1 is 1.09 bits per heavy atom. The van der Waals surface area contributed by atoms with Crippen molar-refractivity contribution in [1.29, 1.82) is 5.26 Å². The molecule has 1 saturated carbocycles. The second-order valence-electron chi connectivity index (χ2n) is 12.2. The van der Waals surface area contributed by atoms with Gasteiger partial charge < -0.3 is 20.2 Å². The highest BCUT2D eigenvalue weighted by Crippen LogP contribution is 2.44. The molecule has 15 heteroatoms. The van der Waals surface area contributed by atoms with Crippen molar-refractivity contribution in [2.75, 3.05) is 24.5 Å². The third-order valence-electron chi connectivity index (χ3n) is 8.94. The number of carboxylic acid groups (broad SMARTS) is 1. The lowest BCUT2D eigenvalue weighted by Crippen LogP contribution is -2.62. The van der Waals surface area contributed by atoms with Gasteiger partial charge in [0, 0.05) is 36.5 Å². The zero-order valence-corrected chi connectivity index (χ0v) is 26.9. The molecule has 1 aliphatic carbocycles. The van der Waals surface area contributed by atoms with Crippen molar-refractivity contribution in [2.24, 2.45) is 0 Å². The Morgan fingerprint density at radius 2 is 1.74 bits per heavy atom. The molecule has 2 aliphatic heterocycles. The van der Waals surface area contributed by atoms with Gasteiger partial charge in [-0.2, -0.15) is 5.26 Å². The number of nitriles is 1. The van der Waals surface area contributed by atoms with E-state index in [9.17, 15) is 34.3 Å². The lowest BCUT2D eigenvalue weighted by atomic mass is 9.91. The van der Waals surface area contributed by atoms with Gasteiger partial charge in [0.05, 0.1) is 30.1 Å². The van der Waals surface area contributed by atoms with Crippen LogP contribution in [0.1, 0.15) is 48.3 Å². The van der Waals surface area contributed by atoms with Crippen molar-refractivity contribution in [3.05, 3.63) is 75.5 Å². The van der Waals surface area contributed by atoms with Crippen molar-refractivity contribution in [1.82, 2.24) is 24.7 Å². The molecule has 0 spiro atoms. The Kier molecular flexibility index (Phi) is 7.97. The molecule has 0 radical (unpaired) electrons. The quantitative estimate of drug-likeness (QED) is 0.384. The summed E-state index contributed by atoms with van der Waals surface area (Å²) < 4.78 is 1.53. The fraction of sp³-hybridized carbons (Fsp3) is 0.344. The van der Waals surface area contributed by atoms with E-state index in [0.717, 1.165) is 5.56 Å². The van der Waals surface area contributed by atoms with Crippen molar-refractivity contribution in [3.63, 3.8) is 0 Å². The van der Waals surface area contributed by atoms with Crippen LogP contribution in [0.4, 0.5) is 11.6 Å². The number of hydrogen-bond donors (Lipinski definition) is 2. The van der Waals surface area contributed by atoms with Crippen LogP contribution in [0.25, 0.3) is 0 Å². The summed E-state index contributed by atoms with van der Waals surface area (Å²) >= 11 is 12.6. The van der Waals surface area contributed by atoms with Crippen molar-refractivity contribution in [3.8, 4) is 6.07 Å². The Labute approximate surface area is 279 Å².